The Morgan fingerprint density at radius 1 is 1.33 bits per heavy atom. The van der Waals surface area contributed by atoms with Crippen LogP contribution in [0, 0.1) is 5.82 Å². The van der Waals surface area contributed by atoms with Gasteiger partial charge in [0.25, 0.3) is 6.43 Å². The van der Waals surface area contributed by atoms with Gasteiger partial charge in [0.05, 0.1) is 10.5 Å². The van der Waals surface area contributed by atoms with E-state index in [1.165, 1.54) is 0 Å². The first-order chi connectivity index (χ1) is 6.43. The highest BCUT2D eigenvalue weighted by Gasteiger charge is 2.22. The lowest BCUT2D eigenvalue weighted by Gasteiger charge is -2.13. The second-order valence-corrected chi connectivity index (χ2v) is 3.54. The van der Waals surface area contributed by atoms with Crippen molar-refractivity contribution < 1.29 is 18.3 Å². The fourth-order valence-corrected chi connectivity index (χ4v) is 1.42. The summed E-state index contributed by atoms with van der Waals surface area (Å²) in [6, 6.07) is 0.0653. The second-order valence-electron chi connectivity index (χ2n) is 2.69. The van der Waals surface area contributed by atoms with Crippen molar-refractivity contribution in [3.05, 3.63) is 28.0 Å². The monoisotopic (exact) mass is 305 g/mol. The summed E-state index contributed by atoms with van der Waals surface area (Å²) < 4.78 is 37.2. The third kappa shape index (κ3) is 3.25. The molecule has 7 heteroatoms. The Balaban J connectivity index is 0.00000196. The quantitative estimate of drug-likeness (QED) is 0.882. The SMILES string of the molecule is Cl.N[C@H](c1cc(F)cc(Br)c1O)C(F)F. The molecule has 0 saturated heterocycles. The molecule has 0 unspecified atom stereocenters. The predicted molar refractivity (Wildman–Crippen MR) is 55.9 cm³/mol. The van der Waals surface area contributed by atoms with Gasteiger partial charge in [0.1, 0.15) is 11.6 Å². The molecule has 0 bridgehead atoms. The van der Waals surface area contributed by atoms with E-state index in [9.17, 15) is 18.3 Å². The van der Waals surface area contributed by atoms with E-state index in [1.54, 1.807) is 0 Å². The van der Waals surface area contributed by atoms with Crippen molar-refractivity contribution >= 4 is 28.3 Å². The van der Waals surface area contributed by atoms with Gasteiger partial charge in [0, 0.05) is 5.56 Å². The highest BCUT2D eigenvalue weighted by molar-refractivity contribution is 9.10. The summed E-state index contributed by atoms with van der Waals surface area (Å²) in [6.07, 6.45) is -2.85. The average molecular weight is 307 g/mol. The van der Waals surface area contributed by atoms with Crippen LogP contribution >= 0.6 is 28.3 Å². The smallest absolute Gasteiger partial charge is 0.257 e. The third-order valence-corrected chi connectivity index (χ3v) is 2.29. The summed E-state index contributed by atoms with van der Waals surface area (Å²) in [5.41, 5.74) is 4.77. The highest BCUT2D eigenvalue weighted by Crippen LogP contribution is 2.34. The number of phenols is 1. The van der Waals surface area contributed by atoms with Crippen molar-refractivity contribution in [3.63, 3.8) is 0 Å². The number of halogens is 5. The molecule has 86 valence electrons. The molecule has 0 saturated carbocycles. The summed E-state index contributed by atoms with van der Waals surface area (Å²) in [5.74, 6) is -1.19. The Kier molecular flexibility index (Phi) is 5.41. The van der Waals surface area contributed by atoms with Gasteiger partial charge in [-0.25, -0.2) is 13.2 Å². The summed E-state index contributed by atoms with van der Waals surface area (Å²) in [5, 5.41) is 9.31. The lowest BCUT2D eigenvalue weighted by atomic mass is 10.1. The third-order valence-electron chi connectivity index (χ3n) is 1.69. The molecule has 0 aliphatic heterocycles. The van der Waals surface area contributed by atoms with Crippen LogP contribution in [-0.2, 0) is 0 Å². The Hall–Kier alpha value is -0.460. The van der Waals surface area contributed by atoms with Crippen molar-refractivity contribution in [1.82, 2.24) is 0 Å². The number of rotatable bonds is 2. The second kappa shape index (κ2) is 5.58. The number of hydrogen-bond donors (Lipinski definition) is 2. The van der Waals surface area contributed by atoms with Crippen molar-refractivity contribution in [2.24, 2.45) is 5.73 Å². The van der Waals surface area contributed by atoms with Crippen LogP contribution in [0.1, 0.15) is 11.6 Å². The van der Waals surface area contributed by atoms with E-state index < -0.39 is 24.0 Å². The normalized spacial score (nSPS) is 12.4. The Morgan fingerprint density at radius 2 is 1.87 bits per heavy atom. The molecule has 3 N–H and O–H groups in total. The van der Waals surface area contributed by atoms with Gasteiger partial charge in [0.15, 0.2) is 0 Å². The topological polar surface area (TPSA) is 46.2 Å². The minimum absolute atomic E-state index is 0. The van der Waals surface area contributed by atoms with E-state index in [1.807, 2.05) is 0 Å². The van der Waals surface area contributed by atoms with Crippen LogP contribution in [0.25, 0.3) is 0 Å². The van der Waals surface area contributed by atoms with Crippen LogP contribution < -0.4 is 5.73 Å². The van der Waals surface area contributed by atoms with E-state index in [0.717, 1.165) is 12.1 Å². The largest absolute Gasteiger partial charge is 0.506 e. The molecule has 1 aromatic carbocycles. The fraction of sp³-hybridized carbons (Fsp3) is 0.250. The summed E-state index contributed by atoms with van der Waals surface area (Å²) in [4.78, 5) is 0. The van der Waals surface area contributed by atoms with Gasteiger partial charge in [0.2, 0.25) is 0 Å². The van der Waals surface area contributed by atoms with Crippen molar-refractivity contribution in [1.29, 1.82) is 0 Å². The number of hydrogen-bond acceptors (Lipinski definition) is 2. The number of alkyl halides is 2. The minimum Gasteiger partial charge on any atom is -0.506 e. The molecule has 0 fully saturated rings. The average Bonchev–Trinajstić information content (AvgIpc) is 2.09. The molecule has 2 nitrogen and oxygen atoms in total. The van der Waals surface area contributed by atoms with E-state index in [-0.39, 0.29) is 22.4 Å². The fourth-order valence-electron chi connectivity index (χ4n) is 0.976. The van der Waals surface area contributed by atoms with E-state index in [0.29, 0.717) is 0 Å². The van der Waals surface area contributed by atoms with Crippen LogP contribution in [-0.4, -0.2) is 11.5 Å². The van der Waals surface area contributed by atoms with Gasteiger partial charge >= 0.3 is 0 Å². The number of nitrogens with two attached hydrogens (primary N) is 1. The predicted octanol–water partition coefficient (Wildman–Crippen LogP) is 2.98. The Labute approximate surface area is 98.8 Å². The first kappa shape index (κ1) is 14.5. The van der Waals surface area contributed by atoms with Crippen LogP contribution in [0.3, 0.4) is 0 Å². The molecular formula is C8H8BrClF3NO. The van der Waals surface area contributed by atoms with Gasteiger partial charge in [-0.3, -0.25) is 0 Å². The van der Waals surface area contributed by atoms with E-state index in [2.05, 4.69) is 15.9 Å². The molecule has 1 rings (SSSR count). The number of phenolic OH excluding ortho intramolecular Hbond substituents is 1. The molecule has 15 heavy (non-hydrogen) atoms. The van der Waals surface area contributed by atoms with Gasteiger partial charge in [-0.15, -0.1) is 12.4 Å². The zero-order valence-corrected chi connectivity index (χ0v) is 9.66. The lowest BCUT2D eigenvalue weighted by Crippen LogP contribution is -2.19. The molecule has 1 atom stereocenters. The summed E-state index contributed by atoms with van der Waals surface area (Å²) in [7, 11) is 0. The first-order valence-electron chi connectivity index (χ1n) is 3.65. The van der Waals surface area contributed by atoms with E-state index >= 15 is 0 Å². The number of benzene rings is 1. The molecule has 0 amide bonds. The lowest BCUT2D eigenvalue weighted by molar-refractivity contribution is 0.115. The van der Waals surface area contributed by atoms with Crippen LogP contribution in [0.15, 0.2) is 16.6 Å². The molecule has 0 aliphatic rings. The Bertz CT molecular complexity index is 351. The van der Waals surface area contributed by atoms with E-state index in [4.69, 9.17) is 5.73 Å². The summed E-state index contributed by atoms with van der Waals surface area (Å²) >= 11 is 2.82. The van der Waals surface area contributed by atoms with Gasteiger partial charge < -0.3 is 10.8 Å². The summed E-state index contributed by atoms with van der Waals surface area (Å²) in [6.45, 7) is 0. The Morgan fingerprint density at radius 3 is 2.33 bits per heavy atom. The maximum Gasteiger partial charge on any atom is 0.257 e. The zero-order valence-electron chi connectivity index (χ0n) is 7.25. The minimum atomic E-state index is -2.85. The van der Waals surface area contributed by atoms with Crippen molar-refractivity contribution in [3.8, 4) is 5.75 Å². The van der Waals surface area contributed by atoms with Gasteiger partial charge in [-0.2, -0.15) is 0 Å². The van der Waals surface area contributed by atoms with Crippen LogP contribution in [0.4, 0.5) is 13.2 Å². The molecule has 0 aromatic heterocycles. The van der Waals surface area contributed by atoms with Gasteiger partial charge in [-0.05, 0) is 28.1 Å². The number of aromatic hydroxyl groups is 1. The molecule has 0 radical (unpaired) electrons. The molecule has 1 aromatic rings. The zero-order chi connectivity index (χ0) is 10.9. The highest BCUT2D eigenvalue weighted by atomic mass is 79.9. The standard InChI is InChI=1S/C8H7BrF3NO.ClH/c9-5-2-3(10)1-4(7(5)14)6(13)8(11)12;/h1-2,6,8,14H,13H2;1H/t6-;/m1./s1. The van der Waals surface area contributed by atoms with Crippen molar-refractivity contribution in [2.75, 3.05) is 0 Å². The van der Waals surface area contributed by atoms with Gasteiger partial charge in [-0.1, -0.05) is 0 Å². The maximum atomic E-state index is 12.8. The van der Waals surface area contributed by atoms with Crippen LogP contribution in [0.2, 0.25) is 0 Å². The van der Waals surface area contributed by atoms with Crippen LogP contribution in [0.5, 0.6) is 5.75 Å². The molecule has 0 aliphatic carbocycles. The molecule has 0 heterocycles. The molecular weight excluding hydrogens is 298 g/mol. The molecule has 0 spiro atoms. The maximum absolute atomic E-state index is 12.8. The first-order valence-corrected chi connectivity index (χ1v) is 4.44. The van der Waals surface area contributed by atoms with Crippen molar-refractivity contribution in [2.45, 2.75) is 12.5 Å².